The first-order chi connectivity index (χ1) is 10.6. The van der Waals surface area contributed by atoms with Crippen LogP contribution < -0.4 is 11.1 Å². The highest BCUT2D eigenvalue weighted by atomic mass is 16.2. The minimum absolute atomic E-state index is 0.00844. The predicted molar refractivity (Wildman–Crippen MR) is 84.2 cm³/mol. The number of hydrogen-bond donors (Lipinski definition) is 2. The average Bonchev–Trinajstić information content (AvgIpc) is 2.99. The van der Waals surface area contributed by atoms with Crippen molar-refractivity contribution in [1.82, 2.24) is 10.2 Å². The van der Waals surface area contributed by atoms with E-state index < -0.39 is 0 Å². The quantitative estimate of drug-likeness (QED) is 0.874. The summed E-state index contributed by atoms with van der Waals surface area (Å²) in [6.07, 6.45) is 3.39. The Hall–Kier alpha value is -1.88. The normalized spacial score (nSPS) is 27.3. The Morgan fingerprint density at radius 1 is 1.18 bits per heavy atom. The molecule has 2 amide bonds. The van der Waals surface area contributed by atoms with Crippen LogP contribution >= 0.6 is 0 Å². The van der Waals surface area contributed by atoms with Gasteiger partial charge in [-0.3, -0.25) is 9.59 Å². The van der Waals surface area contributed by atoms with Gasteiger partial charge in [-0.05, 0) is 36.8 Å². The van der Waals surface area contributed by atoms with Crippen LogP contribution in [-0.4, -0.2) is 42.4 Å². The molecule has 3 atom stereocenters. The number of fused-ring (bicyclic) bond motifs is 1. The molecule has 0 radical (unpaired) electrons. The molecule has 2 fully saturated rings. The molecule has 118 valence electrons. The molecule has 2 aliphatic rings. The molecule has 5 nitrogen and oxygen atoms in total. The lowest BCUT2D eigenvalue weighted by Crippen LogP contribution is -2.40. The Kier molecular flexibility index (Phi) is 4.43. The topological polar surface area (TPSA) is 75.4 Å². The van der Waals surface area contributed by atoms with Gasteiger partial charge in [0.05, 0.1) is 6.54 Å². The molecule has 1 aromatic carbocycles. The van der Waals surface area contributed by atoms with Gasteiger partial charge in [0.1, 0.15) is 0 Å². The summed E-state index contributed by atoms with van der Waals surface area (Å²) in [5.74, 6) is 0.758. The lowest BCUT2D eigenvalue weighted by atomic mass is 9.78. The molecular weight excluding hydrogens is 278 g/mol. The zero-order valence-corrected chi connectivity index (χ0v) is 12.7. The number of nitrogens with zero attached hydrogens (tertiary/aromatic N) is 1. The number of carbonyl (C=O) groups is 2. The summed E-state index contributed by atoms with van der Waals surface area (Å²) in [5, 5.41) is 2.71. The Morgan fingerprint density at radius 3 is 2.68 bits per heavy atom. The molecule has 1 saturated carbocycles. The molecule has 5 heteroatoms. The summed E-state index contributed by atoms with van der Waals surface area (Å²) in [5.41, 5.74) is 6.75. The zero-order chi connectivity index (χ0) is 15.5. The van der Waals surface area contributed by atoms with E-state index in [1.54, 1.807) is 12.1 Å². The number of nitrogens with one attached hydrogen (secondary N) is 1. The predicted octanol–water partition coefficient (Wildman–Crippen LogP) is 1.00. The highest BCUT2D eigenvalue weighted by Gasteiger charge is 2.40. The molecule has 0 aromatic heterocycles. The maximum atomic E-state index is 12.3. The summed E-state index contributed by atoms with van der Waals surface area (Å²) in [6, 6.07) is 9.17. The number of likely N-dealkylation sites (tertiary alicyclic amines) is 1. The van der Waals surface area contributed by atoms with Crippen LogP contribution in [0.5, 0.6) is 0 Å². The van der Waals surface area contributed by atoms with E-state index in [0.29, 0.717) is 17.4 Å². The maximum Gasteiger partial charge on any atom is 0.251 e. The zero-order valence-electron chi connectivity index (χ0n) is 12.7. The van der Waals surface area contributed by atoms with Gasteiger partial charge in [0.15, 0.2) is 0 Å². The van der Waals surface area contributed by atoms with Gasteiger partial charge in [0.25, 0.3) is 5.91 Å². The van der Waals surface area contributed by atoms with E-state index in [2.05, 4.69) is 5.32 Å². The second-order valence-electron chi connectivity index (χ2n) is 6.37. The first-order valence-corrected chi connectivity index (χ1v) is 8.02. The van der Waals surface area contributed by atoms with E-state index >= 15 is 0 Å². The third kappa shape index (κ3) is 3.14. The van der Waals surface area contributed by atoms with Crippen molar-refractivity contribution in [1.29, 1.82) is 0 Å². The van der Waals surface area contributed by atoms with Crippen LogP contribution in [-0.2, 0) is 4.79 Å². The molecule has 1 aliphatic carbocycles. The molecular formula is C17H23N3O2. The Balaban J connectivity index is 1.52. The van der Waals surface area contributed by atoms with E-state index in [9.17, 15) is 9.59 Å². The van der Waals surface area contributed by atoms with E-state index in [0.717, 1.165) is 25.9 Å². The molecule has 0 bridgehead atoms. The second-order valence-corrected chi connectivity index (χ2v) is 6.37. The minimum atomic E-state index is -0.206. The molecule has 1 aromatic rings. The van der Waals surface area contributed by atoms with Gasteiger partial charge < -0.3 is 16.0 Å². The number of rotatable bonds is 3. The van der Waals surface area contributed by atoms with Crippen molar-refractivity contribution in [3.8, 4) is 0 Å². The van der Waals surface area contributed by atoms with E-state index in [1.807, 2.05) is 23.1 Å². The molecule has 3 unspecified atom stereocenters. The fraction of sp³-hybridized carbons (Fsp3) is 0.529. The molecule has 1 saturated heterocycles. The van der Waals surface area contributed by atoms with Crippen molar-refractivity contribution in [2.24, 2.45) is 17.6 Å². The first kappa shape index (κ1) is 15.0. The van der Waals surface area contributed by atoms with Crippen LogP contribution in [0.3, 0.4) is 0 Å². The summed E-state index contributed by atoms with van der Waals surface area (Å²) in [4.78, 5) is 26.1. The maximum absolute atomic E-state index is 12.3. The van der Waals surface area contributed by atoms with E-state index in [4.69, 9.17) is 5.73 Å². The van der Waals surface area contributed by atoms with Crippen molar-refractivity contribution in [2.75, 3.05) is 19.6 Å². The van der Waals surface area contributed by atoms with Crippen molar-refractivity contribution in [3.05, 3.63) is 35.9 Å². The van der Waals surface area contributed by atoms with Crippen LogP contribution in [0.15, 0.2) is 30.3 Å². The molecule has 1 aliphatic heterocycles. The highest BCUT2D eigenvalue weighted by Crippen LogP contribution is 2.35. The highest BCUT2D eigenvalue weighted by molar-refractivity contribution is 5.96. The van der Waals surface area contributed by atoms with E-state index in [1.165, 1.54) is 6.42 Å². The minimum Gasteiger partial charge on any atom is -0.343 e. The van der Waals surface area contributed by atoms with Crippen molar-refractivity contribution < 1.29 is 9.59 Å². The smallest absolute Gasteiger partial charge is 0.251 e. The molecule has 22 heavy (non-hydrogen) atoms. The Morgan fingerprint density at radius 2 is 1.95 bits per heavy atom. The Bertz CT molecular complexity index is 546. The molecule has 3 rings (SSSR count). The van der Waals surface area contributed by atoms with Crippen LogP contribution in [0.1, 0.15) is 29.6 Å². The van der Waals surface area contributed by atoms with Crippen LogP contribution in [0, 0.1) is 11.8 Å². The molecule has 1 heterocycles. The first-order valence-electron chi connectivity index (χ1n) is 8.02. The number of nitrogens with two attached hydrogens (primary N) is 1. The third-order valence-electron chi connectivity index (χ3n) is 4.94. The van der Waals surface area contributed by atoms with Gasteiger partial charge in [-0.15, -0.1) is 0 Å². The van der Waals surface area contributed by atoms with Gasteiger partial charge in [-0.25, -0.2) is 0 Å². The number of carbonyl (C=O) groups excluding carboxylic acids is 2. The largest absolute Gasteiger partial charge is 0.343 e. The fourth-order valence-electron chi connectivity index (χ4n) is 3.68. The van der Waals surface area contributed by atoms with Gasteiger partial charge in [0, 0.05) is 24.7 Å². The standard InChI is InChI=1S/C17H23N3O2/c18-15-8-4-7-13-10-20(11-14(13)15)16(21)9-19-17(22)12-5-2-1-3-6-12/h1-3,5-6,13-15H,4,7-11,18H2,(H,19,22). The molecule has 0 spiro atoms. The van der Waals surface area contributed by atoms with E-state index in [-0.39, 0.29) is 24.4 Å². The van der Waals surface area contributed by atoms with Crippen molar-refractivity contribution >= 4 is 11.8 Å². The second kappa shape index (κ2) is 6.48. The third-order valence-corrected chi connectivity index (χ3v) is 4.94. The van der Waals surface area contributed by atoms with Gasteiger partial charge >= 0.3 is 0 Å². The van der Waals surface area contributed by atoms with Crippen LogP contribution in [0.4, 0.5) is 0 Å². The summed E-state index contributed by atoms with van der Waals surface area (Å²) >= 11 is 0. The summed E-state index contributed by atoms with van der Waals surface area (Å²) < 4.78 is 0. The molecule has 3 N–H and O–H groups in total. The van der Waals surface area contributed by atoms with Crippen LogP contribution in [0.25, 0.3) is 0 Å². The van der Waals surface area contributed by atoms with Crippen LogP contribution in [0.2, 0.25) is 0 Å². The lowest BCUT2D eigenvalue weighted by Gasteiger charge is -2.29. The fourth-order valence-corrected chi connectivity index (χ4v) is 3.68. The van der Waals surface area contributed by atoms with Gasteiger partial charge in [0.2, 0.25) is 5.91 Å². The Labute approximate surface area is 130 Å². The van der Waals surface area contributed by atoms with Gasteiger partial charge in [-0.1, -0.05) is 24.6 Å². The van der Waals surface area contributed by atoms with Gasteiger partial charge in [-0.2, -0.15) is 0 Å². The number of benzene rings is 1. The summed E-state index contributed by atoms with van der Waals surface area (Å²) in [7, 11) is 0. The summed E-state index contributed by atoms with van der Waals surface area (Å²) in [6.45, 7) is 1.59. The average molecular weight is 301 g/mol. The number of amides is 2. The van der Waals surface area contributed by atoms with Crippen molar-refractivity contribution in [3.63, 3.8) is 0 Å². The monoisotopic (exact) mass is 301 g/mol. The van der Waals surface area contributed by atoms with Crippen molar-refractivity contribution in [2.45, 2.75) is 25.3 Å². The number of hydrogen-bond acceptors (Lipinski definition) is 3. The lowest BCUT2D eigenvalue weighted by molar-refractivity contribution is -0.129. The SMILES string of the molecule is NC1CCCC2CN(C(=O)CNC(=O)c3ccccc3)CC12.